The molecule has 0 fully saturated rings. The molecule has 5 rings (SSSR count). The Kier molecular flexibility index (Phi) is 8.93. The van der Waals surface area contributed by atoms with Gasteiger partial charge in [-0.15, -0.1) is 10.2 Å². The number of nitrogens with one attached hydrogen (secondary N) is 2. The normalized spacial score (nSPS) is 11.9. The van der Waals surface area contributed by atoms with Gasteiger partial charge in [-0.2, -0.15) is 5.21 Å². The highest BCUT2D eigenvalue weighted by Crippen LogP contribution is 2.22. The van der Waals surface area contributed by atoms with E-state index in [0.29, 0.717) is 36.5 Å². The van der Waals surface area contributed by atoms with Crippen LogP contribution in [-0.4, -0.2) is 43.4 Å². The molecular weight excluding hydrogens is 544 g/mol. The van der Waals surface area contributed by atoms with E-state index in [1.165, 1.54) is 19.4 Å². The maximum Gasteiger partial charge on any atom is 0.331 e. The van der Waals surface area contributed by atoms with Crippen LogP contribution in [0.3, 0.4) is 0 Å². The first-order valence-corrected chi connectivity index (χ1v) is 13.4. The lowest BCUT2D eigenvalue weighted by Crippen LogP contribution is -2.43. The predicted molar refractivity (Wildman–Crippen MR) is 152 cm³/mol. The summed E-state index contributed by atoms with van der Waals surface area (Å²) in [6.45, 7) is 0.108. The number of ether oxygens (including phenoxy) is 1. The number of methoxy groups -OCH3 is 1. The van der Waals surface area contributed by atoms with Gasteiger partial charge in [0.25, 0.3) is 5.56 Å². The number of hydrogen-bond acceptors (Lipinski definition) is 7. The van der Waals surface area contributed by atoms with Crippen LogP contribution in [0.15, 0.2) is 88.6 Å². The molecule has 42 heavy (non-hydrogen) atoms. The number of rotatable bonds is 12. The molecule has 0 unspecified atom stereocenters. The van der Waals surface area contributed by atoms with Crippen LogP contribution in [0.25, 0.3) is 11.1 Å². The molecule has 5 aromatic rings. The molecule has 2 N–H and O–H groups in total. The van der Waals surface area contributed by atoms with Crippen molar-refractivity contribution >= 4 is 0 Å². The Balaban J connectivity index is 1.55. The molecule has 12 heteroatoms. The number of halogens is 2. The molecule has 0 aliphatic heterocycles. The Bertz CT molecular complexity index is 1740. The standard InChI is InChI=1S/C30H29F2N7O3/c1-42-22-11-5-10-21(16-22)23-17-38(18-24-25(31)12-6-13-26(24)32)30(41)39(29(23)40)19-27(20-8-3-2-4-9-20)33-15-7-14-28-34-36-37-35-28/h2-6,8-13,16-17,27,33H,7,14-15,18-19H2,1H3,(H,34,35,36,37)/t27-/m0/s1. The molecule has 10 nitrogen and oxygen atoms in total. The molecule has 0 saturated heterocycles. The van der Waals surface area contributed by atoms with Gasteiger partial charge in [-0.05, 0) is 48.4 Å². The molecule has 0 amide bonds. The summed E-state index contributed by atoms with van der Waals surface area (Å²) in [6, 6.07) is 19.4. The van der Waals surface area contributed by atoms with Crippen molar-refractivity contribution in [3.63, 3.8) is 0 Å². The van der Waals surface area contributed by atoms with Gasteiger partial charge >= 0.3 is 5.69 Å². The zero-order valence-electron chi connectivity index (χ0n) is 22.8. The fourth-order valence-corrected chi connectivity index (χ4v) is 4.74. The third-order valence-electron chi connectivity index (χ3n) is 6.93. The third kappa shape index (κ3) is 6.50. The van der Waals surface area contributed by atoms with E-state index in [9.17, 15) is 18.4 Å². The second-order valence-corrected chi connectivity index (χ2v) is 9.65. The van der Waals surface area contributed by atoms with Crippen LogP contribution in [0.1, 0.15) is 29.4 Å². The van der Waals surface area contributed by atoms with Crippen LogP contribution < -0.4 is 21.3 Å². The molecule has 0 spiro atoms. The van der Waals surface area contributed by atoms with E-state index < -0.39 is 35.5 Å². The molecular formula is C30H29F2N7O3. The van der Waals surface area contributed by atoms with Crippen LogP contribution in [0, 0.1) is 11.6 Å². The highest BCUT2D eigenvalue weighted by Gasteiger charge is 2.20. The van der Waals surface area contributed by atoms with Crippen molar-refractivity contribution in [3.8, 4) is 16.9 Å². The van der Waals surface area contributed by atoms with E-state index in [-0.39, 0.29) is 17.7 Å². The first-order chi connectivity index (χ1) is 20.4. The second kappa shape index (κ2) is 13.1. The first-order valence-electron chi connectivity index (χ1n) is 13.4. The monoisotopic (exact) mass is 573 g/mol. The number of nitrogens with zero attached hydrogens (tertiary/aromatic N) is 5. The van der Waals surface area contributed by atoms with Crippen molar-refractivity contribution in [2.45, 2.75) is 32.0 Å². The number of H-pyrrole nitrogens is 1. The van der Waals surface area contributed by atoms with Crippen molar-refractivity contribution in [2.75, 3.05) is 13.7 Å². The summed E-state index contributed by atoms with van der Waals surface area (Å²) in [7, 11) is 1.51. The van der Waals surface area contributed by atoms with Crippen LogP contribution in [-0.2, 0) is 19.5 Å². The minimum Gasteiger partial charge on any atom is -0.497 e. The third-order valence-corrected chi connectivity index (χ3v) is 6.93. The Morgan fingerprint density at radius 3 is 2.48 bits per heavy atom. The lowest BCUT2D eigenvalue weighted by atomic mass is 10.1. The van der Waals surface area contributed by atoms with Gasteiger partial charge < -0.3 is 10.1 Å². The van der Waals surface area contributed by atoms with E-state index in [0.717, 1.165) is 26.8 Å². The molecule has 0 radical (unpaired) electrons. The summed E-state index contributed by atoms with van der Waals surface area (Å²) >= 11 is 0. The zero-order chi connectivity index (χ0) is 29.5. The van der Waals surface area contributed by atoms with E-state index in [4.69, 9.17) is 4.74 Å². The Morgan fingerprint density at radius 2 is 1.76 bits per heavy atom. The van der Waals surface area contributed by atoms with Crippen LogP contribution in [0.5, 0.6) is 5.75 Å². The van der Waals surface area contributed by atoms with Gasteiger partial charge in [0.2, 0.25) is 0 Å². The maximum atomic E-state index is 14.6. The number of hydrogen-bond donors (Lipinski definition) is 2. The van der Waals surface area contributed by atoms with Gasteiger partial charge in [0.1, 0.15) is 17.4 Å². The number of aryl methyl sites for hydroxylation is 1. The summed E-state index contributed by atoms with van der Waals surface area (Å²) < 4.78 is 36.8. The van der Waals surface area contributed by atoms with Gasteiger partial charge in [0, 0.05) is 18.2 Å². The largest absolute Gasteiger partial charge is 0.497 e. The fourth-order valence-electron chi connectivity index (χ4n) is 4.74. The van der Waals surface area contributed by atoms with Crippen molar-refractivity contribution in [1.29, 1.82) is 0 Å². The lowest BCUT2D eigenvalue weighted by molar-refractivity contribution is 0.415. The van der Waals surface area contributed by atoms with Gasteiger partial charge in [-0.25, -0.2) is 13.6 Å². The SMILES string of the molecule is COc1cccc(-c2cn(Cc3c(F)cccc3F)c(=O)n(C[C@H](NCCCc3nn[nH]n3)c3ccccc3)c2=O)c1. The first kappa shape index (κ1) is 28.6. The number of tetrazole rings is 1. The summed E-state index contributed by atoms with van der Waals surface area (Å²) in [4.78, 5) is 27.7. The van der Waals surface area contributed by atoms with Crippen LogP contribution >= 0.6 is 0 Å². The Morgan fingerprint density at radius 1 is 1.00 bits per heavy atom. The molecule has 0 aliphatic carbocycles. The summed E-state index contributed by atoms with van der Waals surface area (Å²) in [6.07, 6.45) is 2.60. The minimum atomic E-state index is -0.784. The molecule has 1 atom stereocenters. The van der Waals surface area contributed by atoms with Crippen molar-refractivity contribution < 1.29 is 13.5 Å². The topological polar surface area (TPSA) is 120 Å². The number of aromatic amines is 1. The number of benzene rings is 3. The molecule has 2 aromatic heterocycles. The lowest BCUT2D eigenvalue weighted by Gasteiger charge is -2.22. The number of aromatic nitrogens is 6. The highest BCUT2D eigenvalue weighted by atomic mass is 19.1. The molecule has 0 aliphatic rings. The van der Waals surface area contributed by atoms with Gasteiger partial charge in [-0.3, -0.25) is 13.9 Å². The van der Waals surface area contributed by atoms with Crippen LogP contribution in [0.4, 0.5) is 8.78 Å². The van der Waals surface area contributed by atoms with E-state index in [1.54, 1.807) is 24.3 Å². The molecule has 0 bridgehead atoms. The van der Waals surface area contributed by atoms with Gasteiger partial charge in [-0.1, -0.05) is 53.7 Å². The van der Waals surface area contributed by atoms with Gasteiger partial charge in [0.05, 0.1) is 31.8 Å². The van der Waals surface area contributed by atoms with Crippen molar-refractivity contribution in [3.05, 3.63) is 128 Å². The molecule has 3 aromatic carbocycles. The van der Waals surface area contributed by atoms with E-state index in [2.05, 4.69) is 25.9 Å². The average Bonchev–Trinajstić information content (AvgIpc) is 3.53. The Hall–Kier alpha value is -4.97. The second-order valence-electron chi connectivity index (χ2n) is 9.65. The summed E-state index contributed by atoms with van der Waals surface area (Å²) in [5.74, 6) is -0.471. The molecule has 0 saturated carbocycles. The smallest absolute Gasteiger partial charge is 0.331 e. The summed E-state index contributed by atoms with van der Waals surface area (Å²) in [5.41, 5.74) is 0.0497. The fraction of sp³-hybridized carbons (Fsp3) is 0.233. The van der Waals surface area contributed by atoms with E-state index in [1.807, 2.05) is 30.3 Å². The van der Waals surface area contributed by atoms with Crippen LogP contribution in [0.2, 0.25) is 0 Å². The quantitative estimate of drug-likeness (QED) is 0.219. The highest BCUT2D eigenvalue weighted by molar-refractivity contribution is 5.63. The van der Waals surface area contributed by atoms with Crippen molar-refractivity contribution in [2.24, 2.45) is 0 Å². The van der Waals surface area contributed by atoms with Gasteiger partial charge in [0.15, 0.2) is 5.82 Å². The minimum absolute atomic E-state index is 0.0263. The molecule has 2 heterocycles. The zero-order valence-corrected chi connectivity index (χ0v) is 22.8. The van der Waals surface area contributed by atoms with E-state index >= 15 is 0 Å². The Labute approximate surface area is 239 Å². The molecule has 216 valence electrons. The average molecular weight is 574 g/mol. The maximum absolute atomic E-state index is 14.6. The summed E-state index contributed by atoms with van der Waals surface area (Å²) in [5, 5.41) is 17.3. The van der Waals surface area contributed by atoms with Crippen molar-refractivity contribution in [1.82, 2.24) is 35.1 Å². The predicted octanol–water partition coefficient (Wildman–Crippen LogP) is 3.49.